The lowest BCUT2D eigenvalue weighted by molar-refractivity contribution is 0.104. The van der Waals surface area contributed by atoms with Crippen LogP contribution in [0.1, 0.15) is 24.9 Å². The molecule has 1 aromatic rings. The van der Waals surface area contributed by atoms with E-state index in [1.807, 2.05) is 13.0 Å². The first kappa shape index (κ1) is 12.8. The Bertz CT molecular complexity index is 330. The molecule has 0 aliphatic heterocycles. The van der Waals surface area contributed by atoms with Crippen molar-refractivity contribution < 1.29 is 4.74 Å². The summed E-state index contributed by atoms with van der Waals surface area (Å²) >= 11 is 11.7. The van der Waals surface area contributed by atoms with Crippen LogP contribution in [0.5, 0.6) is 0 Å². The molecule has 1 aromatic carbocycles. The topological polar surface area (TPSA) is 35.2 Å². The van der Waals surface area contributed by atoms with Crippen LogP contribution in [0.2, 0.25) is 10.0 Å². The van der Waals surface area contributed by atoms with Crippen LogP contribution in [0, 0.1) is 0 Å². The van der Waals surface area contributed by atoms with Crippen molar-refractivity contribution >= 4 is 23.2 Å². The molecule has 0 amide bonds. The van der Waals surface area contributed by atoms with Gasteiger partial charge in [0.25, 0.3) is 0 Å². The maximum Gasteiger partial charge on any atom is 0.0595 e. The van der Waals surface area contributed by atoms with Gasteiger partial charge in [0.15, 0.2) is 0 Å². The standard InChI is InChI=1S/C11H15Cl2NO/c1-7(15-2)5-11(14)8-3-4-9(12)10(13)6-8/h3-4,6-7,11H,5,14H2,1-2H3. The van der Waals surface area contributed by atoms with Gasteiger partial charge in [0, 0.05) is 13.2 Å². The third kappa shape index (κ3) is 3.65. The lowest BCUT2D eigenvalue weighted by Crippen LogP contribution is -2.18. The molecule has 1 rings (SSSR count). The van der Waals surface area contributed by atoms with Gasteiger partial charge in [-0.15, -0.1) is 0 Å². The minimum Gasteiger partial charge on any atom is -0.382 e. The predicted molar refractivity (Wildman–Crippen MR) is 64.5 cm³/mol. The molecule has 2 unspecified atom stereocenters. The van der Waals surface area contributed by atoms with Gasteiger partial charge in [-0.05, 0) is 31.0 Å². The molecule has 2 atom stereocenters. The Hall–Kier alpha value is -0.280. The van der Waals surface area contributed by atoms with Crippen molar-refractivity contribution in [3.8, 4) is 0 Å². The van der Waals surface area contributed by atoms with E-state index in [2.05, 4.69) is 0 Å². The molecule has 0 aliphatic rings. The lowest BCUT2D eigenvalue weighted by Gasteiger charge is -2.16. The summed E-state index contributed by atoms with van der Waals surface area (Å²) in [5.74, 6) is 0. The van der Waals surface area contributed by atoms with E-state index in [1.165, 1.54) is 0 Å². The van der Waals surface area contributed by atoms with E-state index in [4.69, 9.17) is 33.7 Å². The van der Waals surface area contributed by atoms with Gasteiger partial charge in [-0.1, -0.05) is 29.3 Å². The second-order valence-electron chi connectivity index (χ2n) is 3.56. The fourth-order valence-electron chi connectivity index (χ4n) is 1.33. The third-order valence-electron chi connectivity index (χ3n) is 2.36. The Morgan fingerprint density at radius 2 is 2.00 bits per heavy atom. The average molecular weight is 248 g/mol. The molecule has 0 fully saturated rings. The summed E-state index contributed by atoms with van der Waals surface area (Å²) in [6, 6.07) is 5.38. The second kappa shape index (κ2) is 5.71. The summed E-state index contributed by atoms with van der Waals surface area (Å²) in [4.78, 5) is 0. The summed E-state index contributed by atoms with van der Waals surface area (Å²) in [5.41, 5.74) is 6.99. The molecule has 84 valence electrons. The first-order valence-corrected chi connectivity index (χ1v) is 5.53. The minimum absolute atomic E-state index is 0.0743. The molecule has 0 radical (unpaired) electrons. The molecule has 0 aliphatic carbocycles. The lowest BCUT2D eigenvalue weighted by atomic mass is 10.0. The van der Waals surface area contributed by atoms with Gasteiger partial charge in [0.05, 0.1) is 16.1 Å². The number of ether oxygens (including phenoxy) is 1. The average Bonchev–Trinajstić information content (AvgIpc) is 2.21. The zero-order valence-corrected chi connectivity index (χ0v) is 10.3. The number of hydrogen-bond acceptors (Lipinski definition) is 2. The first-order chi connectivity index (χ1) is 7.04. The number of nitrogens with two attached hydrogens (primary N) is 1. The van der Waals surface area contributed by atoms with Gasteiger partial charge < -0.3 is 10.5 Å². The van der Waals surface area contributed by atoms with Crippen LogP contribution in [-0.4, -0.2) is 13.2 Å². The second-order valence-corrected chi connectivity index (χ2v) is 4.38. The number of methoxy groups -OCH3 is 1. The fraction of sp³-hybridized carbons (Fsp3) is 0.455. The molecule has 0 saturated carbocycles. The van der Waals surface area contributed by atoms with Crippen molar-refractivity contribution in [3.05, 3.63) is 33.8 Å². The molecule has 2 nitrogen and oxygen atoms in total. The van der Waals surface area contributed by atoms with Crippen molar-refractivity contribution in [1.82, 2.24) is 0 Å². The summed E-state index contributed by atoms with van der Waals surface area (Å²) in [6.45, 7) is 1.98. The van der Waals surface area contributed by atoms with Crippen LogP contribution < -0.4 is 5.73 Å². The number of hydrogen-bond donors (Lipinski definition) is 1. The van der Waals surface area contributed by atoms with Crippen LogP contribution in [0.3, 0.4) is 0 Å². The number of rotatable bonds is 4. The molecule has 4 heteroatoms. The van der Waals surface area contributed by atoms with E-state index in [1.54, 1.807) is 19.2 Å². The highest BCUT2D eigenvalue weighted by Gasteiger charge is 2.11. The van der Waals surface area contributed by atoms with E-state index in [-0.39, 0.29) is 12.1 Å². The van der Waals surface area contributed by atoms with Crippen LogP contribution in [-0.2, 0) is 4.74 Å². The molecule has 0 aromatic heterocycles. The highest BCUT2D eigenvalue weighted by atomic mass is 35.5. The van der Waals surface area contributed by atoms with Gasteiger partial charge >= 0.3 is 0 Å². The molecule has 2 N–H and O–H groups in total. The van der Waals surface area contributed by atoms with Crippen molar-refractivity contribution in [3.63, 3.8) is 0 Å². The monoisotopic (exact) mass is 247 g/mol. The first-order valence-electron chi connectivity index (χ1n) is 4.78. The third-order valence-corrected chi connectivity index (χ3v) is 3.10. The quantitative estimate of drug-likeness (QED) is 0.886. The van der Waals surface area contributed by atoms with Crippen LogP contribution in [0.25, 0.3) is 0 Å². The van der Waals surface area contributed by atoms with Crippen molar-refractivity contribution in [1.29, 1.82) is 0 Å². The van der Waals surface area contributed by atoms with Gasteiger partial charge in [-0.2, -0.15) is 0 Å². The van der Waals surface area contributed by atoms with Gasteiger partial charge in [0.1, 0.15) is 0 Å². The zero-order chi connectivity index (χ0) is 11.4. The SMILES string of the molecule is COC(C)CC(N)c1ccc(Cl)c(Cl)c1. The van der Waals surface area contributed by atoms with Crippen molar-refractivity contribution in [2.24, 2.45) is 5.73 Å². The maximum atomic E-state index is 6.01. The molecule has 15 heavy (non-hydrogen) atoms. The Balaban J connectivity index is 2.73. The fourth-order valence-corrected chi connectivity index (χ4v) is 1.64. The van der Waals surface area contributed by atoms with Crippen LogP contribution in [0.4, 0.5) is 0 Å². The molecule has 0 spiro atoms. The summed E-state index contributed by atoms with van der Waals surface area (Å²) < 4.78 is 5.16. The van der Waals surface area contributed by atoms with Crippen LogP contribution >= 0.6 is 23.2 Å². The van der Waals surface area contributed by atoms with Crippen LogP contribution in [0.15, 0.2) is 18.2 Å². The Morgan fingerprint density at radius 3 is 2.53 bits per heavy atom. The maximum absolute atomic E-state index is 6.01. The van der Waals surface area contributed by atoms with Crippen molar-refractivity contribution in [2.75, 3.05) is 7.11 Å². The molecule has 0 bridgehead atoms. The van der Waals surface area contributed by atoms with Crippen molar-refractivity contribution in [2.45, 2.75) is 25.5 Å². The molecular weight excluding hydrogens is 233 g/mol. The number of halogens is 2. The summed E-state index contributed by atoms with van der Waals surface area (Å²) in [5, 5.41) is 1.09. The predicted octanol–water partition coefficient (Wildman–Crippen LogP) is 3.42. The van der Waals surface area contributed by atoms with Gasteiger partial charge in [-0.3, -0.25) is 0 Å². The van der Waals surface area contributed by atoms with E-state index in [0.717, 1.165) is 12.0 Å². The largest absolute Gasteiger partial charge is 0.382 e. The Morgan fingerprint density at radius 1 is 1.33 bits per heavy atom. The van der Waals surface area contributed by atoms with Gasteiger partial charge in [-0.25, -0.2) is 0 Å². The molecule has 0 saturated heterocycles. The van der Waals surface area contributed by atoms with Gasteiger partial charge in [0.2, 0.25) is 0 Å². The summed E-state index contributed by atoms with van der Waals surface area (Å²) in [7, 11) is 1.67. The number of benzene rings is 1. The zero-order valence-electron chi connectivity index (χ0n) is 8.84. The smallest absolute Gasteiger partial charge is 0.0595 e. The van der Waals surface area contributed by atoms with E-state index < -0.39 is 0 Å². The highest BCUT2D eigenvalue weighted by Crippen LogP contribution is 2.26. The minimum atomic E-state index is -0.0743. The van der Waals surface area contributed by atoms with E-state index in [0.29, 0.717) is 10.0 Å². The molecule has 0 heterocycles. The van der Waals surface area contributed by atoms with E-state index in [9.17, 15) is 0 Å². The molecular formula is C11H15Cl2NO. The highest BCUT2D eigenvalue weighted by molar-refractivity contribution is 6.42. The Labute approximate surface area is 100 Å². The Kier molecular flexibility index (Phi) is 4.87. The summed E-state index contributed by atoms with van der Waals surface area (Å²) in [6.07, 6.45) is 0.892. The van der Waals surface area contributed by atoms with E-state index >= 15 is 0 Å². The normalized spacial score (nSPS) is 15.0.